The summed E-state index contributed by atoms with van der Waals surface area (Å²) in [6, 6.07) is 36.2. The summed E-state index contributed by atoms with van der Waals surface area (Å²) >= 11 is 0. The molecule has 2 atom stereocenters. The first-order chi connectivity index (χ1) is 26.1. The summed E-state index contributed by atoms with van der Waals surface area (Å²) in [6.45, 7) is 12.3. The first-order valence-corrected chi connectivity index (χ1v) is 18.2. The third-order valence-corrected chi connectivity index (χ3v) is 11.0. The minimum Gasteiger partial charge on any atom is -0.347 e. The van der Waals surface area contributed by atoms with Gasteiger partial charge in [0.05, 0.1) is 0 Å². The van der Waals surface area contributed by atoms with Gasteiger partial charge in [-0.1, -0.05) is 84.9 Å². The first kappa shape index (κ1) is 38.8. The number of nitrogens with zero attached hydrogens (tertiary/aromatic N) is 4. The summed E-state index contributed by atoms with van der Waals surface area (Å²) < 4.78 is 0. The fraction of sp³-hybridized carbons (Fsp3) is 0.167. The standard InChI is InChI=1S/2C24H22N2O.Ni/c2*1-4-14-24(2)22(16-21(27)19-11-7-8-15-25-19)26(3)20-13-12-17-9-5-6-10-18(17)23(20)24;/h2*4-13,15-16H,1,14H2,2-3H3;/q;;+2/b2*22-16-;. The van der Waals surface area contributed by atoms with E-state index in [-0.39, 0.29) is 38.9 Å². The van der Waals surface area contributed by atoms with Gasteiger partial charge in [0.25, 0.3) is 0 Å². The minimum atomic E-state index is -0.322. The van der Waals surface area contributed by atoms with Crippen LogP contribution in [0.5, 0.6) is 0 Å². The van der Waals surface area contributed by atoms with Crippen molar-refractivity contribution in [1.29, 1.82) is 0 Å². The van der Waals surface area contributed by atoms with Gasteiger partial charge in [-0.25, -0.2) is 0 Å². The Labute approximate surface area is 333 Å². The van der Waals surface area contributed by atoms with Gasteiger partial charge >= 0.3 is 16.5 Å². The molecule has 55 heavy (non-hydrogen) atoms. The van der Waals surface area contributed by atoms with Crippen LogP contribution in [0.4, 0.5) is 11.4 Å². The van der Waals surface area contributed by atoms with E-state index >= 15 is 0 Å². The molecule has 6 aromatic rings. The van der Waals surface area contributed by atoms with E-state index in [9.17, 15) is 9.59 Å². The van der Waals surface area contributed by atoms with E-state index in [0.29, 0.717) is 11.4 Å². The second kappa shape index (κ2) is 15.8. The number of hydrogen-bond donors (Lipinski definition) is 0. The van der Waals surface area contributed by atoms with Crippen LogP contribution >= 0.6 is 0 Å². The van der Waals surface area contributed by atoms with Gasteiger partial charge < -0.3 is 9.80 Å². The van der Waals surface area contributed by atoms with Crippen LogP contribution in [0.1, 0.15) is 58.8 Å². The number of aromatic nitrogens is 2. The molecule has 4 heterocycles. The normalized spacial score (nSPS) is 19.7. The van der Waals surface area contributed by atoms with E-state index in [1.54, 1.807) is 36.7 Å². The molecule has 2 aliphatic rings. The second-order valence-corrected chi connectivity index (χ2v) is 14.3. The fourth-order valence-electron chi connectivity index (χ4n) is 8.41. The largest absolute Gasteiger partial charge is 2.00 e. The van der Waals surface area contributed by atoms with Gasteiger partial charge in [-0.15, -0.1) is 13.2 Å². The Morgan fingerprint density at radius 3 is 1.33 bits per heavy atom. The maximum atomic E-state index is 12.9. The Balaban J connectivity index is 0.000000184. The van der Waals surface area contributed by atoms with Crippen LogP contribution < -0.4 is 9.80 Å². The molecular formula is C48H44N4NiO2+2. The number of fused-ring (bicyclic) bond motifs is 6. The Bertz CT molecular complexity index is 2320. The molecular weight excluding hydrogens is 723 g/mol. The number of allylic oxidation sites excluding steroid dienone is 6. The van der Waals surface area contributed by atoms with Gasteiger partial charge in [-0.2, -0.15) is 0 Å². The van der Waals surface area contributed by atoms with Gasteiger partial charge in [0.15, 0.2) is 0 Å². The van der Waals surface area contributed by atoms with Crippen LogP contribution in [0, 0.1) is 0 Å². The topological polar surface area (TPSA) is 66.4 Å². The quantitative estimate of drug-likeness (QED) is 0.0665. The van der Waals surface area contributed by atoms with E-state index in [2.05, 4.69) is 120 Å². The number of carbonyl (C=O) groups excluding carboxylic acids is 2. The molecule has 0 aliphatic carbocycles. The number of rotatable bonds is 8. The van der Waals surface area contributed by atoms with Crippen molar-refractivity contribution in [2.75, 3.05) is 23.9 Å². The molecule has 4 aromatic carbocycles. The SMILES string of the molecule is C=CCC1(C)/C(=C/C(=O)c2ccccn2)N(C)c2ccc3ccccc3c21.C=CCC1(C)/C(=C/C(=O)c2ccccn2)N(C)c2ccc3ccccc3c21.[Ni+2]. The Morgan fingerprint density at radius 1 is 0.582 bits per heavy atom. The molecule has 0 fully saturated rings. The summed E-state index contributed by atoms with van der Waals surface area (Å²) in [5.41, 5.74) is 7.00. The summed E-state index contributed by atoms with van der Waals surface area (Å²) in [5.74, 6) is -0.158. The zero-order chi connectivity index (χ0) is 38.0. The van der Waals surface area contributed by atoms with E-state index in [4.69, 9.17) is 0 Å². The molecule has 8 rings (SSSR count). The molecule has 2 unspecified atom stereocenters. The Kier molecular flexibility index (Phi) is 11.2. The molecule has 2 aromatic heterocycles. The van der Waals surface area contributed by atoms with Crippen molar-refractivity contribution in [3.63, 3.8) is 0 Å². The Hall–Kier alpha value is -5.91. The average Bonchev–Trinajstić information content (AvgIpc) is 3.54. The van der Waals surface area contributed by atoms with Crippen molar-refractivity contribution in [2.45, 2.75) is 37.5 Å². The van der Waals surface area contributed by atoms with E-state index in [0.717, 1.165) is 35.6 Å². The molecule has 0 amide bonds. The molecule has 2 aliphatic heterocycles. The maximum absolute atomic E-state index is 12.9. The van der Waals surface area contributed by atoms with Crippen molar-refractivity contribution in [1.82, 2.24) is 9.97 Å². The number of benzene rings is 4. The van der Waals surface area contributed by atoms with Gasteiger partial charge in [-0.05, 0) is 95.8 Å². The van der Waals surface area contributed by atoms with Gasteiger partial charge in [0.2, 0.25) is 11.6 Å². The number of pyridine rings is 2. The van der Waals surface area contributed by atoms with Crippen molar-refractivity contribution in [2.24, 2.45) is 0 Å². The third-order valence-electron chi connectivity index (χ3n) is 11.0. The predicted octanol–water partition coefficient (Wildman–Crippen LogP) is 10.6. The predicted molar refractivity (Wildman–Crippen MR) is 222 cm³/mol. The van der Waals surface area contributed by atoms with Crippen molar-refractivity contribution in [3.05, 3.63) is 193 Å². The summed E-state index contributed by atoms with van der Waals surface area (Å²) in [5, 5.41) is 4.86. The average molecular weight is 768 g/mol. The molecule has 6 nitrogen and oxygen atoms in total. The van der Waals surface area contributed by atoms with Crippen LogP contribution in [-0.4, -0.2) is 35.6 Å². The summed E-state index contributed by atoms with van der Waals surface area (Å²) in [4.78, 5) is 38.4. The van der Waals surface area contributed by atoms with Crippen molar-refractivity contribution in [3.8, 4) is 0 Å². The van der Waals surface area contributed by atoms with Gasteiger partial charge in [-0.3, -0.25) is 19.6 Å². The molecule has 0 saturated heterocycles. The van der Waals surface area contributed by atoms with Crippen LogP contribution in [0.3, 0.4) is 0 Å². The fourth-order valence-corrected chi connectivity index (χ4v) is 8.41. The number of hydrogen-bond acceptors (Lipinski definition) is 6. The monoisotopic (exact) mass is 766 g/mol. The Morgan fingerprint density at radius 2 is 0.964 bits per heavy atom. The van der Waals surface area contributed by atoms with Crippen LogP contribution in [0.15, 0.2) is 170 Å². The molecule has 0 bridgehead atoms. The zero-order valence-electron chi connectivity index (χ0n) is 31.6. The number of carbonyl (C=O) groups is 2. The summed E-state index contributed by atoms with van der Waals surface area (Å²) in [7, 11) is 4.05. The third kappa shape index (κ3) is 6.85. The second-order valence-electron chi connectivity index (χ2n) is 14.3. The van der Waals surface area contributed by atoms with Crippen LogP contribution in [0.25, 0.3) is 21.5 Å². The molecule has 0 radical (unpaired) electrons. The van der Waals surface area contributed by atoms with Crippen LogP contribution in [-0.2, 0) is 27.3 Å². The number of anilines is 2. The first-order valence-electron chi connectivity index (χ1n) is 18.2. The zero-order valence-corrected chi connectivity index (χ0v) is 32.6. The smallest absolute Gasteiger partial charge is 0.347 e. The van der Waals surface area contributed by atoms with Gasteiger partial charge in [0, 0.05) is 72.2 Å². The molecule has 7 heteroatoms. The van der Waals surface area contributed by atoms with E-state index < -0.39 is 0 Å². The van der Waals surface area contributed by atoms with E-state index in [1.165, 1.54) is 32.7 Å². The molecule has 0 N–H and O–H groups in total. The van der Waals surface area contributed by atoms with Gasteiger partial charge in [0.1, 0.15) is 11.4 Å². The number of ketones is 2. The van der Waals surface area contributed by atoms with Crippen molar-refractivity contribution < 1.29 is 26.1 Å². The number of likely N-dealkylation sites (N-methyl/N-ethyl adjacent to an activating group) is 2. The molecule has 276 valence electrons. The van der Waals surface area contributed by atoms with E-state index in [1.807, 2.05) is 50.5 Å². The summed E-state index contributed by atoms with van der Waals surface area (Å²) in [6.07, 6.45) is 12.1. The van der Waals surface area contributed by atoms with Crippen LogP contribution in [0.2, 0.25) is 0 Å². The maximum Gasteiger partial charge on any atom is 2.00 e. The molecule has 0 saturated carbocycles. The molecule has 0 spiro atoms. The minimum absolute atomic E-state index is 0. The van der Waals surface area contributed by atoms with Crippen molar-refractivity contribution >= 4 is 44.5 Å².